The lowest BCUT2D eigenvalue weighted by Crippen LogP contribution is -2.31. The summed E-state index contributed by atoms with van der Waals surface area (Å²) < 4.78 is 38.2. The molecular weight excluding hydrogens is 323 g/mol. The van der Waals surface area contributed by atoms with Gasteiger partial charge in [-0.3, -0.25) is 4.79 Å². The average molecular weight is 338 g/mol. The summed E-state index contributed by atoms with van der Waals surface area (Å²) in [5.41, 5.74) is -1.25. The van der Waals surface area contributed by atoms with E-state index in [0.717, 1.165) is 18.9 Å². The van der Waals surface area contributed by atoms with E-state index in [1.807, 2.05) is 6.92 Å². The van der Waals surface area contributed by atoms with E-state index in [0.29, 0.717) is 6.54 Å². The van der Waals surface area contributed by atoms with Crippen molar-refractivity contribution < 1.29 is 18.0 Å². The van der Waals surface area contributed by atoms with Crippen LogP contribution in [-0.2, 0) is 6.18 Å². The maximum atomic E-state index is 12.7. The lowest BCUT2D eigenvalue weighted by molar-refractivity contribution is -0.137. The summed E-state index contributed by atoms with van der Waals surface area (Å²) in [6, 6.07) is 4.78. The molecule has 1 rings (SSSR count). The van der Waals surface area contributed by atoms with Gasteiger partial charge in [0.05, 0.1) is 11.1 Å². The molecule has 0 saturated carbocycles. The quantitative estimate of drug-likeness (QED) is 0.808. The van der Waals surface area contributed by atoms with Crippen molar-refractivity contribution >= 4 is 21.8 Å². The number of alkyl halides is 4. The molecule has 0 radical (unpaired) electrons. The smallest absolute Gasteiger partial charge is 0.351 e. The molecule has 106 valence electrons. The van der Waals surface area contributed by atoms with E-state index in [2.05, 4.69) is 21.2 Å². The number of hydrogen-bond acceptors (Lipinski definition) is 1. The standard InChI is InChI=1S/C13H15BrF3NO/c1-2-5-9(14)8-18-12(19)10-6-3-4-7-11(10)13(15,16)17/h3-4,6-7,9H,2,5,8H2,1H3,(H,18,19). The van der Waals surface area contributed by atoms with E-state index in [1.54, 1.807) is 0 Å². The maximum Gasteiger partial charge on any atom is 0.417 e. The van der Waals surface area contributed by atoms with Crippen molar-refractivity contribution in [3.8, 4) is 0 Å². The lowest BCUT2D eigenvalue weighted by atomic mass is 10.1. The van der Waals surface area contributed by atoms with E-state index in [-0.39, 0.29) is 10.4 Å². The Kier molecular flexibility index (Phi) is 5.85. The largest absolute Gasteiger partial charge is 0.417 e. The summed E-state index contributed by atoms with van der Waals surface area (Å²) >= 11 is 3.36. The van der Waals surface area contributed by atoms with Gasteiger partial charge in [-0.1, -0.05) is 41.4 Å². The Morgan fingerprint density at radius 1 is 1.37 bits per heavy atom. The van der Waals surface area contributed by atoms with Crippen molar-refractivity contribution in [2.24, 2.45) is 0 Å². The topological polar surface area (TPSA) is 29.1 Å². The molecule has 1 unspecified atom stereocenters. The Hall–Kier alpha value is -1.04. The Morgan fingerprint density at radius 2 is 2.00 bits per heavy atom. The summed E-state index contributed by atoms with van der Waals surface area (Å²) in [4.78, 5) is 11.9. The molecule has 19 heavy (non-hydrogen) atoms. The third-order valence-corrected chi connectivity index (χ3v) is 3.34. The Balaban J connectivity index is 2.78. The van der Waals surface area contributed by atoms with Gasteiger partial charge in [0.1, 0.15) is 0 Å². The first-order valence-electron chi connectivity index (χ1n) is 5.94. The maximum absolute atomic E-state index is 12.7. The highest BCUT2D eigenvalue weighted by molar-refractivity contribution is 9.09. The number of hydrogen-bond donors (Lipinski definition) is 1. The second kappa shape index (κ2) is 6.93. The van der Waals surface area contributed by atoms with Gasteiger partial charge in [-0.25, -0.2) is 0 Å². The number of rotatable bonds is 5. The molecular formula is C13H15BrF3NO. The molecule has 1 amide bonds. The highest BCUT2D eigenvalue weighted by atomic mass is 79.9. The molecule has 1 aromatic rings. The van der Waals surface area contributed by atoms with Crippen LogP contribution in [0.15, 0.2) is 24.3 Å². The number of nitrogens with one attached hydrogen (secondary N) is 1. The molecule has 2 nitrogen and oxygen atoms in total. The minimum Gasteiger partial charge on any atom is -0.351 e. The molecule has 0 bridgehead atoms. The SMILES string of the molecule is CCCC(Br)CNC(=O)c1ccccc1C(F)(F)F. The fourth-order valence-electron chi connectivity index (χ4n) is 1.64. The van der Waals surface area contributed by atoms with Crippen molar-refractivity contribution in [3.63, 3.8) is 0 Å². The number of halogens is 4. The van der Waals surface area contributed by atoms with Crippen LogP contribution in [0.25, 0.3) is 0 Å². The van der Waals surface area contributed by atoms with Gasteiger partial charge in [-0.2, -0.15) is 13.2 Å². The van der Waals surface area contributed by atoms with E-state index in [1.165, 1.54) is 18.2 Å². The minimum absolute atomic E-state index is 0.0690. The summed E-state index contributed by atoms with van der Waals surface area (Å²) in [5.74, 6) is -0.700. The molecule has 0 aliphatic carbocycles. The van der Waals surface area contributed by atoms with Gasteiger partial charge < -0.3 is 5.32 Å². The van der Waals surface area contributed by atoms with Crippen molar-refractivity contribution in [1.82, 2.24) is 5.32 Å². The van der Waals surface area contributed by atoms with Gasteiger partial charge >= 0.3 is 6.18 Å². The Labute approximate surface area is 118 Å². The molecule has 0 aliphatic rings. The van der Waals surface area contributed by atoms with Crippen molar-refractivity contribution in [3.05, 3.63) is 35.4 Å². The number of benzene rings is 1. The molecule has 6 heteroatoms. The van der Waals surface area contributed by atoms with Gasteiger partial charge in [0.2, 0.25) is 0 Å². The van der Waals surface area contributed by atoms with Crippen LogP contribution in [0.2, 0.25) is 0 Å². The van der Waals surface area contributed by atoms with Crippen LogP contribution in [0.5, 0.6) is 0 Å². The fourth-order valence-corrected chi connectivity index (χ4v) is 2.26. The fraction of sp³-hybridized carbons (Fsp3) is 0.462. The Bertz CT molecular complexity index is 434. The first-order chi connectivity index (χ1) is 8.86. The van der Waals surface area contributed by atoms with Crippen LogP contribution in [-0.4, -0.2) is 17.3 Å². The van der Waals surface area contributed by atoms with Crippen molar-refractivity contribution in [1.29, 1.82) is 0 Å². The van der Waals surface area contributed by atoms with E-state index < -0.39 is 17.6 Å². The van der Waals surface area contributed by atoms with E-state index in [9.17, 15) is 18.0 Å². The lowest BCUT2D eigenvalue weighted by Gasteiger charge is -2.14. The summed E-state index contributed by atoms with van der Waals surface area (Å²) in [6.45, 7) is 2.30. The van der Waals surface area contributed by atoms with Gasteiger partial charge in [0.15, 0.2) is 0 Å². The first kappa shape index (κ1) is 16.0. The van der Waals surface area contributed by atoms with Crippen LogP contribution < -0.4 is 5.32 Å². The van der Waals surface area contributed by atoms with Crippen molar-refractivity contribution in [2.75, 3.05) is 6.54 Å². The summed E-state index contributed by atoms with van der Waals surface area (Å²) in [6.07, 6.45) is -2.74. The van der Waals surface area contributed by atoms with Crippen LogP contribution in [0.3, 0.4) is 0 Å². The average Bonchev–Trinajstić information content (AvgIpc) is 2.35. The van der Waals surface area contributed by atoms with Gasteiger partial charge in [-0.15, -0.1) is 0 Å². The highest BCUT2D eigenvalue weighted by Gasteiger charge is 2.34. The molecule has 0 fully saturated rings. The molecule has 0 heterocycles. The normalized spacial score (nSPS) is 13.1. The molecule has 1 atom stereocenters. The van der Waals surface area contributed by atoms with Gasteiger partial charge in [-0.05, 0) is 18.6 Å². The zero-order valence-corrected chi connectivity index (χ0v) is 12.0. The molecule has 1 N–H and O–H groups in total. The van der Waals surface area contributed by atoms with E-state index in [4.69, 9.17) is 0 Å². The molecule has 0 aromatic heterocycles. The van der Waals surface area contributed by atoms with Gasteiger partial charge in [0.25, 0.3) is 5.91 Å². The van der Waals surface area contributed by atoms with Gasteiger partial charge in [0, 0.05) is 11.4 Å². The third kappa shape index (κ3) is 4.86. The summed E-state index contributed by atoms with van der Waals surface area (Å²) in [7, 11) is 0. The van der Waals surface area contributed by atoms with Crippen LogP contribution in [0.1, 0.15) is 35.7 Å². The number of amides is 1. The molecule has 0 saturated heterocycles. The monoisotopic (exact) mass is 337 g/mol. The predicted molar refractivity (Wildman–Crippen MR) is 71.4 cm³/mol. The summed E-state index contributed by atoms with van der Waals surface area (Å²) in [5, 5.41) is 2.51. The second-order valence-corrected chi connectivity index (χ2v) is 5.43. The molecule has 0 aliphatic heterocycles. The minimum atomic E-state index is -4.52. The van der Waals surface area contributed by atoms with Crippen LogP contribution >= 0.6 is 15.9 Å². The predicted octanol–water partition coefficient (Wildman–Crippen LogP) is 4.00. The first-order valence-corrected chi connectivity index (χ1v) is 6.86. The number of carbonyl (C=O) groups is 1. The third-order valence-electron chi connectivity index (χ3n) is 2.56. The zero-order valence-electron chi connectivity index (χ0n) is 10.4. The van der Waals surface area contributed by atoms with E-state index >= 15 is 0 Å². The zero-order chi connectivity index (χ0) is 14.5. The van der Waals surface area contributed by atoms with Crippen LogP contribution in [0, 0.1) is 0 Å². The highest BCUT2D eigenvalue weighted by Crippen LogP contribution is 2.31. The van der Waals surface area contributed by atoms with Crippen molar-refractivity contribution in [2.45, 2.75) is 30.8 Å². The molecule has 1 aromatic carbocycles. The Morgan fingerprint density at radius 3 is 2.58 bits per heavy atom. The second-order valence-electron chi connectivity index (χ2n) is 4.14. The van der Waals surface area contributed by atoms with Crippen LogP contribution in [0.4, 0.5) is 13.2 Å². The molecule has 0 spiro atoms. The number of carbonyl (C=O) groups excluding carboxylic acids is 1.